The summed E-state index contributed by atoms with van der Waals surface area (Å²) in [5.41, 5.74) is 0.0853. The van der Waals surface area contributed by atoms with Gasteiger partial charge in [0, 0.05) is 38.9 Å². The fourth-order valence-electron chi connectivity index (χ4n) is 2.05. The topological polar surface area (TPSA) is 58.1 Å². The molecular formula is C16H35IN4O2. The third-order valence-electron chi connectivity index (χ3n) is 4.21. The van der Waals surface area contributed by atoms with Gasteiger partial charge >= 0.3 is 0 Å². The van der Waals surface area contributed by atoms with Crippen molar-refractivity contribution in [3.63, 3.8) is 0 Å². The molecule has 1 aliphatic heterocycles. The van der Waals surface area contributed by atoms with Gasteiger partial charge < -0.3 is 25.0 Å². The van der Waals surface area contributed by atoms with Gasteiger partial charge in [0.25, 0.3) is 0 Å². The molecule has 138 valence electrons. The summed E-state index contributed by atoms with van der Waals surface area (Å²) in [5.74, 6) is 0.842. The first-order valence-electron chi connectivity index (χ1n) is 8.27. The first-order chi connectivity index (χ1) is 10.5. The highest BCUT2D eigenvalue weighted by molar-refractivity contribution is 14.0. The molecule has 0 spiro atoms. The normalized spacial score (nSPS) is 18.9. The third-order valence-corrected chi connectivity index (χ3v) is 4.21. The molecule has 7 heteroatoms. The number of guanidine groups is 1. The molecule has 1 rings (SSSR count). The molecule has 1 unspecified atom stereocenters. The standard InChI is InChI=1S/C16H34N4O2.HI/c1-16(2,20(4)5)13-19-15(17-3)18-9-7-10-21-12-14-8-6-11-22-14;/h14H,6-13H2,1-5H3,(H2,17,18,19);1H. The minimum Gasteiger partial charge on any atom is -0.379 e. The Morgan fingerprint density at radius 2 is 2.09 bits per heavy atom. The number of hydrogen-bond acceptors (Lipinski definition) is 4. The maximum absolute atomic E-state index is 5.65. The van der Waals surface area contributed by atoms with Crippen LogP contribution in [0.1, 0.15) is 33.1 Å². The number of rotatable bonds is 9. The average Bonchev–Trinajstić information content (AvgIpc) is 2.98. The van der Waals surface area contributed by atoms with Gasteiger partial charge in [-0.25, -0.2) is 0 Å². The second kappa shape index (κ2) is 12.3. The third kappa shape index (κ3) is 9.69. The minimum atomic E-state index is 0. The summed E-state index contributed by atoms with van der Waals surface area (Å²) in [6.45, 7) is 8.47. The number of aliphatic imine (C=N–C) groups is 1. The molecule has 23 heavy (non-hydrogen) atoms. The van der Waals surface area contributed by atoms with Gasteiger partial charge in [0.05, 0.1) is 12.7 Å². The van der Waals surface area contributed by atoms with E-state index in [1.54, 1.807) is 7.05 Å². The Balaban J connectivity index is 0.00000484. The van der Waals surface area contributed by atoms with Gasteiger partial charge in [0.2, 0.25) is 0 Å². The Bertz CT molecular complexity index is 332. The van der Waals surface area contributed by atoms with E-state index >= 15 is 0 Å². The molecule has 1 saturated heterocycles. The van der Waals surface area contributed by atoms with Crippen molar-refractivity contribution in [2.75, 3.05) is 54.1 Å². The first-order valence-corrected chi connectivity index (χ1v) is 8.27. The highest BCUT2D eigenvalue weighted by Gasteiger charge is 2.20. The van der Waals surface area contributed by atoms with E-state index in [2.05, 4.69) is 48.5 Å². The predicted octanol–water partition coefficient (Wildman–Crippen LogP) is 1.70. The molecule has 6 nitrogen and oxygen atoms in total. The Hall–Kier alpha value is -0.120. The zero-order valence-electron chi connectivity index (χ0n) is 15.4. The Morgan fingerprint density at radius 3 is 2.65 bits per heavy atom. The number of hydrogen-bond donors (Lipinski definition) is 2. The van der Waals surface area contributed by atoms with Gasteiger partial charge in [-0.15, -0.1) is 24.0 Å². The van der Waals surface area contributed by atoms with Crippen LogP contribution in [0.5, 0.6) is 0 Å². The molecule has 0 aliphatic carbocycles. The lowest BCUT2D eigenvalue weighted by atomic mass is 10.0. The van der Waals surface area contributed by atoms with Gasteiger partial charge in [-0.1, -0.05) is 0 Å². The molecule has 0 radical (unpaired) electrons. The second-order valence-corrected chi connectivity index (χ2v) is 6.62. The van der Waals surface area contributed by atoms with E-state index in [1.165, 1.54) is 6.42 Å². The molecule has 0 amide bonds. The van der Waals surface area contributed by atoms with Gasteiger partial charge in [-0.2, -0.15) is 0 Å². The Morgan fingerprint density at radius 1 is 1.35 bits per heavy atom. The van der Waals surface area contributed by atoms with Crippen molar-refractivity contribution in [1.29, 1.82) is 0 Å². The molecule has 1 fully saturated rings. The van der Waals surface area contributed by atoms with Crippen LogP contribution in [0.15, 0.2) is 4.99 Å². The number of nitrogens with one attached hydrogen (secondary N) is 2. The van der Waals surface area contributed by atoms with Crippen LogP contribution in [-0.4, -0.2) is 76.6 Å². The molecule has 2 N–H and O–H groups in total. The summed E-state index contributed by atoms with van der Waals surface area (Å²) in [5, 5.41) is 6.68. The summed E-state index contributed by atoms with van der Waals surface area (Å²) in [6, 6.07) is 0. The van der Waals surface area contributed by atoms with E-state index in [0.717, 1.165) is 51.7 Å². The lowest BCUT2D eigenvalue weighted by molar-refractivity contribution is 0.0168. The van der Waals surface area contributed by atoms with Crippen molar-refractivity contribution in [3.05, 3.63) is 0 Å². The maximum Gasteiger partial charge on any atom is 0.191 e. The van der Waals surface area contributed by atoms with Crippen LogP contribution in [0.3, 0.4) is 0 Å². The zero-order chi connectivity index (χ0) is 16.4. The molecule has 0 saturated carbocycles. The smallest absolute Gasteiger partial charge is 0.191 e. The van der Waals surface area contributed by atoms with E-state index in [9.17, 15) is 0 Å². The van der Waals surface area contributed by atoms with Crippen LogP contribution in [0.25, 0.3) is 0 Å². The lowest BCUT2D eigenvalue weighted by Crippen LogP contribution is -2.51. The van der Waals surface area contributed by atoms with Crippen LogP contribution < -0.4 is 10.6 Å². The summed E-state index contributed by atoms with van der Waals surface area (Å²) >= 11 is 0. The monoisotopic (exact) mass is 442 g/mol. The zero-order valence-corrected chi connectivity index (χ0v) is 17.7. The number of ether oxygens (including phenoxy) is 2. The highest BCUT2D eigenvalue weighted by Crippen LogP contribution is 2.11. The summed E-state index contributed by atoms with van der Waals surface area (Å²) in [7, 11) is 5.97. The van der Waals surface area contributed by atoms with Gasteiger partial charge in [0.15, 0.2) is 5.96 Å². The van der Waals surface area contributed by atoms with Crippen molar-refractivity contribution < 1.29 is 9.47 Å². The van der Waals surface area contributed by atoms with Crippen LogP contribution in [0.2, 0.25) is 0 Å². The minimum absolute atomic E-state index is 0. The molecule has 0 bridgehead atoms. The molecular weight excluding hydrogens is 407 g/mol. The maximum atomic E-state index is 5.65. The molecule has 0 aromatic carbocycles. The SMILES string of the molecule is CN=C(NCCCOCC1CCCO1)NCC(C)(C)N(C)C.I. The molecule has 0 aromatic rings. The van der Waals surface area contributed by atoms with Crippen molar-refractivity contribution >= 4 is 29.9 Å². The van der Waals surface area contributed by atoms with Crippen molar-refractivity contribution in [3.8, 4) is 0 Å². The lowest BCUT2D eigenvalue weighted by Gasteiger charge is -2.33. The highest BCUT2D eigenvalue weighted by atomic mass is 127. The molecule has 1 aliphatic rings. The quantitative estimate of drug-likeness (QED) is 0.247. The van der Waals surface area contributed by atoms with Crippen LogP contribution in [0, 0.1) is 0 Å². The van der Waals surface area contributed by atoms with E-state index < -0.39 is 0 Å². The van der Waals surface area contributed by atoms with Gasteiger partial charge in [-0.3, -0.25) is 4.99 Å². The van der Waals surface area contributed by atoms with E-state index in [1.807, 2.05) is 0 Å². The van der Waals surface area contributed by atoms with Crippen LogP contribution in [-0.2, 0) is 9.47 Å². The number of halogens is 1. The molecule has 1 heterocycles. The van der Waals surface area contributed by atoms with Crippen molar-refractivity contribution in [2.24, 2.45) is 4.99 Å². The number of nitrogens with zero attached hydrogens (tertiary/aromatic N) is 2. The van der Waals surface area contributed by atoms with Crippen molar-refractivity contribution in [1.82, 2.24) is 15.5 Å². The summed E-state index contributed by atoms with van der Waals surface area (Å²) in [4.78, 5) is 6.45. The second-order valence-electron chi connectivity index (χ2n) is 6.62. The van der Waals surface area contributed by atoms with Crippen molar-refractivity contribution in [2.45, 2.75) is 44.8 Å². The molecule has 0 aromatic heterocycles. The Labute approximate surface area is 158 Å². The van der Waals surface area contributed by atoms with Gasteiger partial charge in [-0.05, 0) is 47.2 Å². The fourth-order valence-corrected chi connectivity index (χ4v) is 2.05. The number of likely N-dealkylation sites (N-methyl/N-ethyl adjacent to an activating group) is 1. The molecule has 1 atom stereocenters. The van der Waals surface area contributed by atoms with Gasteiger partial charge in [0.1, 0.15) is 0 Å². The first kappa shape index (κ1) is 22.9. The Kier molecular flexibility index (Phi) is 12.2. The summed E-state index contributed by atoms with van der Waals surface area (Å²) < 4.78 is 11.2. The van der Waals surface area contributed by atoms with E-state index in [-0.39, 0.29) is 29.5 Å². The van der Waals surface area contributed by atoms with Crippen LogP contribution in [0.4, 0.5) is 0 Å². The van der Waals surface area contributed by atoms with Crippen LogP contribution >= 0.6 is 24.0 Å². The average molecular weight is 442 g/mol. The summed E-state index contributed by atoms with van der Waals surface area (Å²) in [6.07, 6.45) is 3.58. The predicted molar refractivity (Wildman–Crippen MR) is 107 cm³/mol. The van der Waals surface area contributed by atoms with E-state index in [0.29, 0.717) is 6.10 Å². The van der Waals surface area contributed by atoms with E-state index in [4.69, 9.17) is 9.47 Å². The fraction of sp³-hybridized carbons (Fsp3) is 0.938. The largest absolute Gasteiger partial charge is 0.379 e.